The van der Waals surface area contributed by atoms with Crippen LogP contribution in [-0.2, 0) is 44.8 Å². The van der Waals surface area contributed by atoms with Crippen molar-refractivity contribution >= 4 is 40.1 Å². The predicted octanol–water partition coefficient (Wildman–Crippen LogP) is 5.34. The minimum Gasteiger partial charge on any atom is -0.444 e. The van der Waals surface area contributed by atoms with Gasteiger partial charge in [-0.1, -0.05) is 85.3 Å². The highest BCUT2D eigenvalue weighted by Gasteiger charge is 2.22. The summed E-state index contributed by atoms with van der Waals surface area (Å²) in [6, 6.07) is 22.6. The lowest BCUT2D eigenvalue weighted by Gasteiger charge is -2.19. The fraction of sp³-hybridized carbons (Fsp3) is 0.344. The molecule has 0 aliphatic carbocycles. The maximum absolute atomic E-state index is 13.2. The molecular formula is C32H36N6O4S. The predicted molar refractivity (Wildman–Crippen MR) is 165 cm³/mol. The van der Waals surface area contributed by atoms with Crippen LogP contribution in [-0.4, -0.2) is 44.9 Å². The number of hydrogen-bond donors (Lipinski definition) is 1. The Morgan fingerprint density at radius 2 is 1.49 bits per heavy atom. The number of anilines is 2. The summed E-state index contributed by atoms with van der Waals surface area (Å²) < 4.78 is 5.40. The molecule has 0 radical (unpaired) electrons. The van der Waals surface area contributed by atoms with E-state index < -0.39 is 0 Å². The van der Waals surface area contributed by atoms with E-state index in [-0.39, 0.29) is 37.4 Å². The van der Waals surface area contributed by atoms with Crippen LogP contribution in [0.3, 0.4) is 0 Å². The van der Waals surface area contributed by atoms with Gasteiger partial charge in [0.25, 0.3) is 0 Å². The molecule has 11 heteroatoms. The molecule has 2 heterocycles. The van der Waals surface area contributed by atoms with Crippen molar-refractivity contribution in [2.45, 2.75) is 64.7 Å². The lowest BCUT2D eigenvalue weighted by molar-refractivity contribution is -0.144. The van der Waals surface area contributed by atoms with Crippen LogP contribution in [0.2, 0.25) is 0 Å². The highest BCUT2D eigenvalue weighted by Crippen LogP contribution is 2.23. The first-order valence-electron chi connectivity index (χ1n) is 14.5. The van der Waals surface area contributed by atoms with Gasteiger partial charge >= 0.3 is 5.97 Å². The summed E-state index contributed by atoms with van der Waals surface area (Å²) in [5, 5.41) is 20.9. The Morgan fingerprint density at radius 3 is 2.16 bits per heavy atom. The van der Waals surface area contributed by atoms with E-state index in [2.05, 4.69) is 25.7 Å². The number of rotatable bonds is 16. The summed E-state index contributed by atoms with van der Waals surface area (Å²) in [6.45, 7) is 1.81. The Balaban J connectivity index is 1.25. The largest absolute Gasteiger partial charge is 0.444 e. The van der Waals surface area contributed by atoms with E-state index in [0.29, 0.717) is 23.8 Å². The Morgan fingerprint density at radius 1 is 0.791 bits per heavy atom. The fourth-order valence-electron chi connectivity index (χ4n) is 4.20. The van der Waals surface area contributed by atoms with E-state index in [1.807, 2.05) is 73.7 Å². The van der Waals surface area contributed by atoms with Crippen molar-refractivity contribution in [2.75, 3.05) is 16.9 Å². The topological polar surface area (TPSA) is 127 Å². The van der Waals surface area contributed by atoms with Crippen LogP contribution in [0.25, 0.3) is 0 Å². The molecule has 0 aliphatic heterocycles. The van der Waals surface area contributed by atoms with E-state index in [9.17, 15) is 14.4 Å². The number of hydrogen-bond acceptors (Lipinski definition) is 9. The molecule has 43 heavy (non-hydrogen) atoms. The number of carbonyl (C=O) groups is 3. The Hall–Kier alpha value is -4.51. The maximum Gasteiger partial charge on any atom is 0.307 e. The number of aryl methyl sites for hydroxylation is 2. The molecule has 4 aromatic rings. The van der Waals surface area contributed by atoms with Gasteiger partial charge in [-0.05, 0) is 48.9 Å². The number of amides is 2. The van der Waals surface area contributed by atoms with Gasteiger partial charge in [0.1, 0.15) is 5.01 Å². The van der Waals surface area contributed by atoms with Crippen molar-refractivity contribution < 1.29 is 19.1 Å². The molecule has 0 bridgehead atoms. The van der Waals surface area contributed by atoms with E-state index in [4.69, 9.17) is 4.74 Å². The first-order valence-corrected chi connectivity index (χ1v) is 15.3. The van der Waals surface area contributed by atoms with Gasteiger partial charge in [0.15, 0.2) is 12.5 Å². The van der Waals surface area contributed by atoms with Crippen molar-refractivity contribution in [3.05, 3.63) is 94.6 Å². The van der Waals surface area contributed by atoms with Crippen molar-refractivity contribution in [1.82, 2.24) is 20.4 Å². The molecule has 2 amide bonds. The molecule has 224 valence electrons. The summed E-state index contributed by atoms with van der Waals surface area (Å²) in [5.41, 5.74) is 2.64. The maximum atomic E-state index is 13.2. The van der Waals surface area contributed by atoms with Crippen LogP contribution >= 0.6 is 11.3 Å². The van der Waals surface area contributed by atoms with Crippen molar-refractivity contribution in [1.29, 1.82) is 0 Å². The average molecular weight is 601 g/mol. The molecule has 0 saturated carbocycles. The third kappa shape index (κ3) is 10.7. The summed E-state index contributed by atoms with van der Waals surface area (Å²) >= 11 is 1.33. The van der Waals surface area contributed by atoms with Crippen LogP contribution in [0.15, 0.2) is 72.8 Å². The van der Waals surface area contributed by atoms with Crippen molar-refractivity contribution in [3.8, 4) is 0 Å². The third-order valence-electron chi connectivity index (χ3n) is 6.54. The van der Waals surface area contributed by atoms with Gasteiger partial charge in [0.05, 0.1) is 18.5 Å². The fourth-order valence-corrected chi connectivity index (χ4v) is 5.08. The minimum absolute atomic E-state index is 0.139. The zero-order valence-corrected chi connectivity index (χ0v) is 25.1. The number of nitrogens with one attached hydrogen (secondary N) is 1. The second-order valence-electron chi connectivity index (χ2n) is 10.0. The van der Waals surface area contributed by atoms with Gasteiger partial charge in [0, 0.05) is 12.8 Å². The highest BCUT2D eigenvalue weighted by molar-refractivity contribution is 7.15. The van der Waals surface area contributed by atoms with E-state index >= 15 is 0 Å². The average Bonchev–Trinajstić information content (AvgIpc) is 3.48. The molecule has 4 rings (SSSR count). The molecular weight excluding hydrogens is 564 g/mol. The van der Waals surface area contributed by atoms with Crippen LogP contribution in [0, 0.1) is 0 Å². The van der Waals surface area contributed by atoms with Gasteiger partial charge in [-0.25, -0.2) is 0 Å². The molecule has 2 aromatic carbocycles. The number of carbonyl (C=O) groups excluding carboxylic acids is 3. The molecule has 0 saturated heterocycles. The zero-order valence-electron chi connectivity index (χ0n) is 24.3. The normalized spacial score (nSPS) is 10.7. The number of ether oxygens (including phenoxy) is 1. The smallest absolute Gasteiger partial charge is 0.307 e. The van der Waals surface area contributed by atoms with E-state index in [1.165, 1.54) is 16.2 Å². The summed E-state index contributed by atoms with van der Waals surface area (Å²) in [5.74, 6) is -0.265. The number of esters is 1. The molecule has 10 nitrogen and oxygen atoms in total. The SMILES string of the molecule is CCCCC(=O)OCN(C(=O)Cc1ccccc1)c1nnc(CCCCc2ccc(NC(=O)Cc3ccccc3)nn2)s1. The summed E-state index contributed by atoms with van der Waals surface area (Å²) in [7, 11) is 0. The van der Waals surface area contributed by atoms with E-state index in [1.54, 1.807) is 6.07 Å². The lowest BCUT2D eigenvalue weighted by Crippen LogP contribution is -2.35. The lowest BCUT2D eigenvalue weighted by atomic mass is 10.1. The Labute approximate surface area is 255 Å². The molecule has 0 spiro atoms. The van der Waals surface area contributed by atoms with Gasteiger partial charge in [-0.15, -0.1) is 15.3 Å². The van der Waals surface area contributed by atoms with Gasteiger partial charge in [-0.3, -0.25) is 19.3 Å². The monoisotopic (exact) mass is 600 g/mol. The van der Waals surface area contributed by atoms with Crippen LogP contribution in [0.1, 0.15) is 60.9 Å². The van der Waals surface area contributed by atoms with Gasteiger partial charge < -0.3 is 10.1 Å². The van der Waals surface area contributed by atoms with Crippen molar-refractivity contribution in [2.24, 2.45) is 0 Å². The number of nitrogens with zero attached hydrogens (tertiary/aromatic N) is 5. The molecule has 2 aromatic heterocycles. The molecule has 0 aliphatic rings. The van der Waals surface area contributed by atoms with Crippen LogP contribution in [0.5, 0.6) is 0 Å². The summed E-state index contributed by atoms with van der Waals surface area (Å²) in [4.78, 5) is 38.9. The number of aromatic nitrogens is 4. The highest BCUT2D eigenvalue weighted by atomic mass is 32.1. The first-order chi connectivity index (χ1) is 21.0. The van der Waals surface area contributed by atoms with Crippen LogP contribution < -0.4 is 10.2 Å². The second-order valence-corrected chi connectivity index (χ2v) is 11.1. The van der Waals surface area contributed by atoms with Gasteiger partial charge in [-0.2, -0.15) is 5.10 Å². The third-order valence-corrected chi connectivity index (χ3v) is 7.55. The second kappa shape index (κ2) is 16.8. The quantitative estimate of drug-likeness (QED) is 0.104. The van der Waals surface area contributed by atoms with Crippen LogP contribution in [0.4, 0.5) is 10.9 Å². The number of benzene rings is 2. The van der Waals surface area contributed by atoms with Crippen molar-refractivity contribution in [3.63, 3.8) is 0 Å². The first kappa shape index (κ1) is 31.4. The molecule has 0 fully saturated rings. The molecule has 0 unspecified atom stereocenters. The van der Waals surface area contributed by atoms with Gasteiger partial charge in [0.2, 0.25) is 16.9 Å². The molecule has 0 atom stereocenters. The van der Waals surface area contributed by atoms with E-state index in [0.717, 1.165) is 53.9 Å². The number of unbranched alkanes of at least 4 members (excludes halogenated alkanes) is 2. The minimum atomic E-state index is -0.338. The Bertz CT molecular complexity index is 1450. The molecule has 1 N–H and O–H groups in total. The summed E-state index contributed by atoms with van der Waals surface area (Å²) in [6.07, 6.45) is 5.50. The Kier molecular flexibility index (Phi) is 12.3. The standard InChI is InChI=1S/C32H36N6O4S/c1-2-3-18-31(41)42-23-38(30(40)22-25-14-8-5-9-15-25)32-37-36-29(43-32)17-11-10-16-26-19-20-27(35-34-26)33-28(39)21-24-12-6-4-7-13-24/h4-9,12-15,19-20H,2-3,10-11,16-18,21-23H2,1H3,(H,33,35,39). The zero-order chi connectivity index (χ0) is 30.3.